The van der Waals surface area contributed by atoms with Crippen molar-refractivity contribution in [3.63, 3.8) is 0 Å². The van der Waals surface area contributed by atoms with Gasteiger partial charge in [-0.15, -0.1) is 0 Å². The zero-order valence-electron chi connectivity index (χ0n) is 9.38. The molecule has 1 unspecified atom stereocenters. The molecule has 0 aromatic heterocycles. The maximum absolute atomic E-state index is 11.8. The fourth-order valence-corrected chi connectivity index (χ4v) is 3.01. The number of hydrogen-bond acceptors (Lipinski definition) is 3. The predicted molar refractivity (Wildman–Crippen MR) is 56.4 cm³/mol. The maximum atomic E-state index is 11.8. The summed E-state index contributed by atoms with van der Waals surface area (Å²) in [5.74, 6) is 0.343. The molecule has 3 heterocycles. The van der Waals surface area contributed by atoms with Gasteiger partial charge in [-0.3, -0.25) is 9.59 Å². The van der Waals surface area contributed by atoms with Crippen molar-refractivity contribution in [2.75, 3.05) is 19.6 Å². The van der Waals surface area contributed by atoms with E-state index < -0.39 is 5.54 Å². The van der Waals surface area contributed by atoms with Crippen molar-refractivity contribution < 1.29 is 9.59 Å². The summed E-state index contributed by atoms with van der Waals surface area (Å²) in [6.07, 6.45) is 2.06. The third kappa shape index (κ3) is 1.67. The smallest absolute Gasteiger partial charge is 0.217 e. The second kappa shape index (κ2) is 3.59. The molecular weight excluding hydrogens is 192 g/mol. The van der Waals surface area contributed by atoms with Gasteiger partial charge in [0.2, 0.25) is 5.91 Å². The summed E-state index contributed by atoms with van der Waals surface area (Å²) in [5.41, 5.74) is -0.595. The SMILES string of the molecule is CC(=O)NC1(C(C)=O)CN2CCC1CC2. The monoisotopic (exact) mass is 210 g/mol. The van der Waals surface area contributed by atoms with Crippen molar-refractivity contribution in [3.8, 4) is 0 Å². The number of nitrogens with one attached hydrogen (secondary N) is 1. The molecule has 3 rings (SSSR count). The zero-order chi connectivity index (χ0) is 11.1. The van der Waals surface area contributed by atoms with Gasteiger partial charge in [-0.2, -0.15) is 0 Å². The summed E-state index contributed by atoms with van der Waals surface area (Å²) in [6.45, 7) is 5.92. The second-order valence-corrected chi connectivity index (χ2v) is 4.76. The van der Waals surface area contributed by atoms with E-state index in [4.69, 9.17) is 0 Å². The molecule has 3 saturated heterocycles. The van der Waals surface area contributed by atoms with Gasteiger partial charge in [-0.25, -0.2) is 0 Å². The second-order valence-electron chi connectivity index (χ2n) is 4.76. The first-order valence-electron chi connectivity index (χ1n) is 5.57. The van der Waals surface area contributed by atoms with E-state index in [-0.39, 0.29) is 11.7 Å². The summed E-state index contributed by atoms with van der Waals surface area (Å²) >= 11 is 0. The number of Topliss-reactive ketones (excluding diaryl/α,β-unsaturated/α-hetero) is 1. The molecular formula is C11H18N2O2. The first-order chi connectivity index (χ1) is 7.04. The van der Waals surface area contributed by atoms with Crippen LogP contribution in [-0.2, 0) is 9.59 Å². The minimum Gasteiger partial charge on any atom is -0.342 e. The lowest BCUT2D eigenvalue weighted by Gasteiger charge is -2.52. The molecule has 84 valence electrons. The topological polar surface area (TPSA) is 49.4 Å². The minimum atomic E-state index is -0.595. The minimum absolute atomic E-state index is 0.0982. The highest BCUT2D eigenvalue weighted by molar-refractivity contribution is 5.91. The van der Waals surface area contributed by atoms with Gasteiger partial charge in [0.1, 0.15) is 5.54 Å². The molecule has 2 bridgehead atoms. The molecule has 0 aromatic carbocycles. The van der Waals surface area contributed by atoms with E-state index in [0.717, 1.165) is 25.9 Å². The highest BCUT2D eigenvalue weighted by atomic mass is 16.2. The molecule has 0 aromatic rings. The van der Waals surface area contributed by atoms with E-state index in [1.807, 2.05) is 0 Å². The third-order valence-corrected chi connectivity index (χ3v) is 3.78. The number of ketones is 1. The molecule has 3 fully saturated rings. The fraction of sp³-hybridized carbons (Fsp3) is 0.818. The van der Waals surface area contributed by atoms with E-state index in [9.17, 15) is 9.59 Å². The molecule has 1 amide bonds. The molecule has 15 heavy (non-hydrogen) atoms. The molecule has 1 N–H and O–H groups in total. The zero-order valence-corrected chi connectivity index (χ0v) is 9.38. The predicted octanol–water partition coefficient (Wildman–Crippen LogP) is 0.176. The lowest BCUT2D eigenvalue weighted by Crippen LogP contribution is -2.70. The van der Waals surface area contributed by atoms with Crippen LogP contribution in [0, 0.1) is 5.92 Å². The molecule has 1 atom stereocenters. The third-order valence-electron chi connectivity index (χ3n) is 3.78. The molecule has 0 radical (unpaired) electrons. The Balaban J connectivity index is 2.26. The van der Waals surface area contributed by atoms with Crippen LogP contribution in [0.3, 0.4) is 0 Å². The molecule has 4 nitrogen and oxygen atoms in total. The fourth-order valence-electron chi connectivity index (χ4n) is 3.01. The van der Waals surface area contributed by atoms with Crippen LogP contribution in [0.1, 0.15) is 26.7 Å². The molecule has 3 aliphatic heterocycles. The van der Waals surface area contributed by atoms with Crippen molar-refractivity contribution in [2.45, 2.75) is 32.2 Å². The number of amides is 1. The van der Waals surface area contributed by atoms with E-state index in [0.29, 0.717) is 12.5 Å². The largest absolute Gasteiger partial charge is 0.342 e. The van der Waals surface area contributed by atoms with Crippen molar-refractivity contribution in [1.29, 1.82) is 0 Å². The van der Waals surface area contributed by atoms with Crippen molar-refractivity contribution in [2.24, 2.45) is 5.92 Å². The van der Waals surface area contributed by atoms with E-state index in [2.05, 4.69) is 10.2 Å². The lowest BCUT2D eigenvalue weighted by atomic mass is 9.70. The number of carbonyl (C=O) groups excluding carboxylic acids is 2. The van der Waals surface area contributed by atoms with Crippen LogP contribution in [-0.4, -0.2) is 41.8 Å². The number of hydrogen-bond donors (Lipinski definition) is 1. The van der Waals surface area contributed by atoms with Gasteiger partial charge >= 0.3 is 0 Å². The summed E-state index contributed by atoms with van der Waals surface area (Å²) < 4.78 is 0. The van der Waals surface area contributed by atoms with E-state index in [1.54, 1.807) is 6.92 Å². The summed E-state index contributed by atoms with van der Waals surface area (Å²) in [5, 5.41) is 2.90. The first-order valence-corrected chi connectivity index (χ1v) is 5.57. The van der Waals surface area contributed by atoms with Crippen LogP contribution >= 0.6 is 0 Å². The molecule has 0 spiro atoms. The van der Waals surface area contributed by atoms with Crippen LogP contribution in [0.15, 0.2) is 0 Å². The van der Waals surface area contributed by atoms with Crippen LogP contribution in [0.4, 0.5) is 0 Å². The Morgan fingerprint density at radius 1 is 1.27 bits per heavy atom. The average Bonchev–Trinajstić information content (AvgIpc) is 2.18. The summed E-state index contributed by atoms with van der Waals surface area (Å²) in [4.78, 5) is 25.3. The number of carbonyl (C=O) groups is 2. The van der Waals surface area contributed by atoms with Gasteiger partial charge in [-0.05, 0) is 38.8 Å². The molecule has 3 aliphatic rings. The molecule has 0 aliphatic carbocycles. The lowest BCUT2D eigenvalue weighted by molar-refractivity contribution is -0.138. The number of piperidine rings is 3. The van der Waals surface area contributed by atoms with Crippen molar-refractivity contribution in [3.05, 3.63) is 0 Å². The van der Waals surface area contributed by atoms with Gasteiger partial charge in [0.25, 0.3) is 0 Å². The highest BCUT2D eigenvalue weighted by Gasteiger charge is 2.50. The summed E-state index contributed by atoms with van der Waals surface area (Å²) in [7, 11) is 0. The number of nitrogens with zero attached hydrogens (tertiary/aromatic N) is 1. The molecule has 4 heteroatoms. The Bertz CT molecular complexity index is 295. The van der Waals surface area contributed by atoms with E-state index >= 15 is 0 Å². The van der Waals surface area contributed by atoms with Gasteiger partial charge in [0, 0.05) is 13.5 Å². The van der Waals surface area contributed by atoms with Crippen molar-refractivity contribution in [1.82, 2.24) is 10.2 Å². The normalized spacial score (nSPS) is 38.8. The van der Waals surface area contributed by atoms with Gasteiger partial charge in [0.05, 0.1) is 0 Å². The van der Waals surface area contributed by atoms with Crippen molar-refractivity contribution >= 4 is 11.7 Å². The number of rotatable bonds is 2. The van der Waals surface area contributed by atoms with Gasteiger partial charge in [-0.1, -0.05) is 0 Å². The van der Waals surface area contributed by atoms with Crippen LogP contribution in [0.5, 0.6) is 0 Å². The first kappa shape index (κ1) is 10.6. The van der Waals surface area contributed by atoms with Crippen LogP contribution in [0.25, 0.3) is 0 Å². The Morgan fingerprint density at radius 2 is 1.87 bits per heavy atom. The Morgan fingerprint density at radius 3 is 2.20 bits per heavy atom. The quantitative estimate of drug-likeness (QED) is 0.707. The Hall–Kier alpha value is -0.900. The Labute approximate surface area is 90.0 Å². The maximum Gasteiger partial charge on any atom is 0.217 e. The molecule has 0 saturated carbocycles. The average molecular weight is 210 g/mol. The van der Waals surface area contributed by atoms with E-state index in [1.165, 1.54) is 6.92 Å². The standard InChI is InChI=1S/C11H18N2O2/c1-8(14)11(12-9(2)15)7-13-5-3-10(11)4-6-13/h10H,3-7H2,1-2H3,(H,12,15). The van der Waals surface area contributed by atoms with Gasteiger partial charge < -0.3 is 10.2 Å². The highest BCUT2D eigenvalue weighted by Crippen LogP contribution is 2.36. The number of fused-ring (bicyclic) bond motifs is 3. The van der Waals surface area contributed by atoms with Crippen LogP contribution < -0.4 is 5.32 Å². The van der Waals surface area contributed by atoms with Gasteiger partial charge in [0.15, 0.2) is 5.78 Å². The van der Waals surface area contributed by atoms with Crippen LogP contribution in [0.2, 0.25) is 0 Å². The summed E-state index contributed by atoms with van der Waals surface area (Å²) in [6, 6.07) is 0. The Kier molecular flexibility index (Phi) is 2.54.